The van der Waals surface area contributed by atoms with E-state index in [2.05, 4.69) is 31.3 Å². The lowest BCUT2D eigenvalue weighted by Crippen LogP contribution is -2.43. The Labute approximate surface area is 114 Å². The molecule has 0 radical (unpaired) electrons. The van der Waals surface area contributed by atoms with Crippen molar-refractivity contribution in [3.8, 4) is 0 Å². The summed E-state index contributed by atoms with van der Waals surface area (Å²) in [7, 11) is 0. The van der Waals surface area contributed by atoms with Crippen molar-refractivity contribution in [3.63, 3.8) is 0 Å². The molecule has 2 rings (SSSR count). The van der Waals surface area contributed by atoms with E-state index >= 15 is 0 Å². The Hall–Kier alpha value is -0.380. The molecule has 0 spiro atoms. The van der Waals surface area contributed by atoms with Gasteiger partial charge in [-0.1, -0.05) is 13.3 Å². The lowest BCUT2D eigenvalue weighted by Gasteiger charge is -2.36. The van der Waals surface area contributed by atoms with Crippen molar-refractivity contribution < 1.29 is 5.11 Å². The van der Waals surface area contributed by atoms with Gasteiger partial charge in [0.25, 0.3) is 0 Å². The fraction of sp³-hybridized carbons (Fsp3) is 0.733. The van der Waals surface area contributed by atoms with Gasteiger partial charge in [0.2, 0.25) is 0 Å². The van der Waals surface area contributed by atoms with E-state index in [0.29, 0.717) is 0 Å². The number of rotatable bonds is 5. The predicted molar refractivity (Wildman–Crippen MR) is 78.0 cm³/mol. The van der Waals surface area contributed by atoms with Crippen LogP contribution in [0.1, 0.15) is 48.8 Å². The summed E-state index contributed by atoms with van der Waals surface area (Å²) >= 11 is 1.83. The van der Waals surface area contributed by atoms with E-state index in [1.54, 1.807) is 0 Å². The van der Waals surface area contributed by atoms with E-state index in [4.69, 9.17) is 0 Å². The molecule has 102 valence electrons. The Kier molecular flexibility index (Phi) is 4.82. The molecule has 0 atom stereocenters. The SMILES string of the molecule is CCC1CCC(O)(CNCc2ccc(C)s2)CC1. The maximum atomic E-state index is 10.5. The van der Waals surface area contributed by atoms with E-state index in [9.17, 15) is 5.11 Å². The van der Waals surface area contributed by atoms with Gasteiger partial charge >= 0.3 is 0 Å². The highest BCUT2D eigenvalue weighted by atomic mass is 32.1. The second kappa shape index (κ2) is 6.18. The zero-order valence-corrected chi connectivity index (χ0v) is 12.4. The summed E-state index contributed by atoms with van der Waals surface area (Å²) in [6.07, 6.45) is 5.56. The van der Waals surface area contributed by atoms with Crippen molar-refractivity contribution >= 4 is 11.3 Å². The molecule has 1 fully saturated rings. The van der Waals surface area contributed by atoms with Crippen LogP contribution in [0.3, 0.4) is 0 Å². The van der Waals surface area contributed by atoms with Crippen LogP contribution < -0.4 is 5.32 Å². The maximum absolute atomic E-state index is 10.5. The molecular formula is C15H25NOS. The molecule has 3 heteroatoms. The van der Waals surface area contributed by atoms with Crippen molar-refractivity contribution in [2.75, 3.05) is 6.54 Å². The van der Waals surface area contributed by atoms with Crippen LogP contribution in [0.15, 0.2) is 12.1 Å². The van der Waals surface area contributed by atoms with Crippen LogP contribution >= 0.6 is 11.3 Å². The summed E-state index contributed by atoms with van der Waals surface area (Å²) in [5, 5.41) is 13.9. The fourth-order valence-electron chi connectivity index (χ4n) is 2.80. The molecule has 2 N–H and O–H groups in total. The van der Waals surface area contributed by atoms with E-state index in [1.807, 2.05) is 11.3 Å². The minimum atomic E-state index is -0.460. The normalized spacial score (nSPS) is 28.5. The molecule has 0 amide bonds. The number of nitrogens with one attached hydrogen (secondary N) is 1. The zero-order valence-electron chi connectivity index (χ0n) is 11.5. The summed E-state index contributed by atoms with van der Waals surface area (Å²) < 4.78 is 0. The minimum Gasteiger partial charge on any atom is -0.389 e. The van der Waals surface area contributed by atoms with Crippen molar-refractivity contribution in [3.05, 3.63) is 21.9 Å². The van der Waals surface area contributed by atoms with Crippen LogP contribution in [0.2, 0.25) is 0 Å². The number of thiophene rings is 1. The molecule has 18 heavy (non-hydrogen) atoms. The van der Waals surface area contributed by atoms with Gasteiger partial charge in [-0.2, -0.15) is 0 Å². The monoisotopic (exact) mass is 267 g/mol. The van der Waals surface area contributed by atoms with Crippen LogP contribution in [0.25, 0.3) is 0 Å². The van der Waals surface area contributed by atoms with Gasteiger partial charge in [-0.25, -0.2) is 0 Å². The third-order valence-corrected chi connectivity index (χ3v) is 5.16. The van der Waals surface area contributed by atoms with Gasteiger partial charge in [-0.05, 0) is 50.7 Å². The standard InChI is InChI=1S/C15H25NOS/c1-3-13-6-8-15(17,9-7-13)11-16-10-14-5-4-12(2)18-14/h4-5,13,16-17H,3,6-11H2,1-2H3. The van der Waals surface area contributed by atoms with Crippen molar-refractivity contribution in [1.29, 1.82) is 0 Å². The Morgan fingerprint density at radius 3 is 2.67 bits per heavy atom. The Morgan fingerprint density at radius 1 is 1.39 bits per heavy atom. The highest BCUT2D eigenvalue weighted by molar-refractivity contribution is 7.11. The lowest BCUT2D eigenvalue weighted by molar-refractivity contribution is -0.00876. The number of hydrogen-bond acceptors (Lipinski definition) is 3. The molecule has 1 heterocycles. The highest BCUT2D eigenvalue weighted by Crippen LogP contribution is 2.33. The Bertz CT molecular complexity index is 366. The van der Waals surface area contributed by atoms with Crippen LogP contribution in [-0.4, -0.2) is 17.3 Å². The van der Waals surface area contributed by atoms with Crippen molar-refractivity contribution in [2.45, 2.75) is 58.1 Å². The second-order valence-corrected chi connectivity index (χ2v) is 7.06. The Morgan fingerprint density at radius 2 is 2.11 bits per heavy atom. The van der Waals surface area contributed by atoms with Crippen LogP contribution in [0.5, 0.6) is 0 Å². The average Bonchev–Trinajstić information content (AvgIpc) is 2.76. The van der Waals surface area contributed by atoms with Crippen molar-refractivity contribution in [1.82, 2.24) is 5.32 Å². The summed E-state index contributed by atoms with van der Waals surface area (Å²) in [4.78, 5) is 2.72. The van der Waals surface area contributed by atoms with Gasteiger partial charge < -0.3 is 10.4 Å². The fourth-order valence-corrected chi connectivity index (χ4v) is 3.66. The predicted octanol–water partition coefficient (Wildman–Crippen LogP) is 3.48. The third kappa shape index (κ3) is 3.81. The molecule has 1 aliphatic rings. The molecule has 0 unspecified atom stereocenters. The molecule has 0 aromatic carbocycles. The summed E-state index contributed by atoms with van der Waals surface area (Å²) in [6, 6.07) is 4.33. The van der Waals surface area contributed by atoms with Crippen LogP contribution in [-0.2, 0) is 6.54 Å². The summed E-state index contributed by atoms with van der Waals surface area (Å²) in [5.41, 5.74) is -0.460. The van der Waals surface area contributed by atoms with Gasteiger partial charge in [0.05, 0.1) is 5.60 Å². The molecule has 0 bridgehead atoms. The third-order valence-electron chi connectivity index (χ3n) is 4.16. The van der Waals surface area contributed by atoms with Gasteiger partial charge in [0.1, 0.15) is 0 Å². The molecule has 2 nitrogen and oxygen atoms in total. The van der Waals surface area contributed by atoms with Crippen LogP contribution in [0, 0.1) is 12.8 Å². The second-order valence-electron chi connectivity index (χ2n) is 5.69. The summed E-state index contributed by atoms with van der Waals surface area (Å²) in [5.74, 6) is 0.838. The molecule has 1 saturated carbocycles. The summed E-state index contributed by atoms with van der Waals surface area (Å²) in [6.45, 7) is 6.01. The van der Waals surface area contributed by atoms with Crippen molar-refractivity contribution in [2.24, 2.45) is 5.92 Å². The Balaban J connectivity index is 1.73. The van der Waals surface area contributed by atoms with Gasteiger partial charge in [0, 0.05) is 22.8 Å². The quantitative estimate of drug-likeness (QED) is 0.856. The first-order valence-electron chi connectivity index (χ1n) is 7.10. The molecule has 0 aliphatic heterocycles. The number of aryl methyl sites for hydroxylation is 1. The lowest BCUT2D eigenvalue weighted by atomic mass is 9.78. The van der Waals surface area contributed by atoms with E-state index in [0.717, 1.165) is 31.8 Å². The highest BCUT2D eigenvalue weighted by Gasteiger charge is 2.31. The molecule has 0 saturated heterocycles. The molecular weight excluding hydrogens is 242 g/mol. The van der Waals surface area contributed by atoms with E-state index < -0.39 is 5.60 Å². The average molecular weight is 267 g/mol. The number of aliphatic hydroxyl groups is 1. The van der Waals surface area contributed by atoms with E-state index in [-0.39, 0.29) is 0 Å². The first-order chi connectivity index (χ1) is 8.61. The smallest absolute Gasteiger partial charge is 0.0771 e. The number of hydrogen-bond donors (Lipinski definition) is 2. The molecule has 1 aromatic heterocycles. The van der Waals surface area contributed by atoms with Crippen LogP contribution in [0.4, 0.5) is 0 Å². The first kappa shape index (κ1) is 14.0. The zero-order chi connectivity index (χ0) is 13.0. The van der Waals surface area contributed by atoms with Gasteiger partial charge in [0.15, 0.2) is 0 Å². The van der Waals surface area contributed by atoms with E-state index in [1.165, 1.54) is 29.0 Å². The first-order valence-corrected chi connectivity index (χ1v) is 7.91. The molecule has 1 aliphatic carbocycles. The van der Waals surface area contributed by atoms with Gasteiger partial charge in [-0.3, -0.25) is 0 Å². The molecule has 1 aromatic rings. The van der Waals surface area contributed by atoms with Gasteiger partial charge in [-0.15, -0.1) is 11.3 Å². The largest absolute Gasteiger partial charge is 0.389 e. The maximum Gasteiger partial charge on any atom is 0.0771 e. The minimum absolute atomic E-state index is 0.460. The topological polar surface area (TPSA) is 32.3 Å².